The zero-order chi connectivity index (χ0) is 20.9. The molecule has 0 aromatic heterocycles. The van der Waals surface area contributed by atoms with Crippen LogP contribution in [0.25, 0.3) is 0 Å². The normalized spacial score (nSPS) is 18.8. The number of nitrogens with one attached hydrogen (secondary N) is 2. The van der Waals surface area contributed by atoms with Crippen molar-refractivity contribution < 1.29 is 24.3 Å². The lowest BCUT2D eigenvalue weighted by molar-refractivity contribution is -0.129. The maximum atomic E-state index is 12.9. The van der Waals surface area contributed by atoms with Crippen LogP contribution in [0.15, 0.2) is 48.5 Å². The highest BCUT2D eigenvalue weighted by Gasteiger charge is 2.32. The fourth-order valence-corrected chi connectivity index (χ4v) is 3.79. The summed E-state index contributed by atoms with van der Waals surface area (Å²) in [6.07, 6.45) is 0.851. The highest BCUT2D eigenvalue weighted by atomic mass is 16.5. The summed E-state index contributed by atoms with van der Waals surface area (Å²) in [7, 11) is 0. The predicted octanol–water partition coefficient (Wildman–Crippen LogP) is 1.87. The van der Waals surface area contributed by atoms with E-state index in [9.17, 15) is 9.59 Å². The molecule has 158 valence electrons. The second-order valence-electron chi connectivity index (χ2n) is 7.49. The van der Waals surface area contributed by atoms with E-state index in [2.05, 4.69) is 10.2 Å². The molecule has 30 heavy (non-hydrogen) atoms. The maximum absolute atomic E-state index is 12.9. The number of carbonyl (C=O) groups is 2. The van der Waals surface area contributed by atoms with E-state index in [0.717, 1.165) is 24.1 Å². The quantitative estimate of drug-likeness (QED) is 0.513. The number of fused-ring (bicyclic) bond motifs is 1. The molecule has 8 heteroatoms. The summed E-state index contributed by atoms with van der Waals surface area (Å²) in [6, 6.07) is 15.0. The van der Waals surface area contributed by atoms with Crippen molar-refractivity contribution >= 4 is 17.5 Å². The van der Waals surface area contributed by atoms with Crippen molar-refractivity contribution in [3.8, 4) is 5.75 Å². The summed E-state index contributed by atoms with van der Waals surface area (Å²) in [5, 5.41) is 12.0. The standard InChI is InChI=1S/C22H25N3O5/c26-21(24-28)16-6-7-18-19(12-16)30-20(22(27)23-17-8-10-29-11-9-17)14-25(18)13-15-4-2-1-3-5-15/h1-7,12,17,20,28H,8-11,13-14H2,(H,23,27)(H,24,26). The monoisotopic (exact) mass is 411 g/mol. The van der Waals surface area contributed by atoms with Crippen LogP contribution in [0, 0.1) is 0 Å². The summed E-state index contributed by atoms with van der Waals surface area (Å²) in [5.74, 6) is -0.377. The van der Waals surface area contributed by atoms with Crippen molar-refractivity contribution in [3.05, 3.63) is 59.7 Å². The molecule has 3 N–H and O–H groups in total. The molecule has 0 spiro atoms. The van der Waals surface area contributed by atoms with Crippen LogP contribution >= 0.6 is 0 Å². The van der Waals surface area contributed by atoms with Gasteiger partial charge in [0, 0.05) is 31.4 Å². The molecule has 2 aliphatic heterocycles. The van der Waals surface area contributed by atoms with Gasteiger partial charge < -0.3 is 19.7 Å². The Morgan fingerprint density at radius 2 is 1.87 bits per heavy atom. The van der Waals surface area contributed by atoms with Crippen LogP contribution in [0.1, 0.15) is 28.8 Å². The average Bonchev–Trinajstić information content (AvgIpc) is 2.79. The largest absolute Gasteiger partial charge is 0.477 e. The first-order valence-electron chi connectivity index (χ1n) is 10.1. The van der Waals surface area contributed by atoms with Crippen LogP contribution in [-0.4, -0.2) is 48.9 Å². The van der Waals surface area contributed by atoms with E-state index in [1.807, 2.05) is 30.3 Å². The van der Waals surface area contributed by atoms with Crippen LogP contribution in [0.3, 0.4) is 0 Å². The topological polar surface area (TPSA) is 100 Å². The Hall–Kier alpha value is -3.10. The first-order valence-corrected chi connectivity index (χ1v) is 10.1. The molecule has 2 heterocycles. The van der Waals surface area contributed by atoms with Crippen molar-refractivity contribution in [2.24, 2.45) is 0 Å². The van der Waals surface area contributed by atoms with Gasteiger partial charge in [0.15, 0.2) is 6.10 Å². The number of benzene rings is 2. The molecule has 0 saturated carbocycles. The van der Waals surface area contributed by atoms with Crippen molar-refractivity contribution in [2.45, 2.75) is 31.5 Å². The lowest BCUT2D eigenvalue weighted by atomic mass is 10.1. The van der Waals surface area contributed by atoms with Gasteiger partial charge in [0.2, 0.25) is 0 Å². The van der Waals surface area contributed by atoms with Gasteiger partial charge in [-0.05, 0) is 36.6 Å². The number of nitrogens with zero attached hydrogens (tertiary/aromatic N) is 1. The van der Waals surface area contributed by atoms with Crippen LogP contribution in [0.2, 0.25) is 0 Å². The summed E-state index contributed by atoms with van der Waals surface area (Å²) >= 11 is 0. The third kappa shape index (κ3) is 4.55. The van der Waals surface area contributed by atoms with E-state index in [4.69, 9.17) is 14.7 Å². The molecule has 0 radical (unpaired) electrons. The van der Waals surface area contributed by atoms with Gasteiger partial charge in [-0.2, -0.15) is 0 Å². The minimum absolute atomic E-state index is 0.0744. The first kappa shape index (κ1) is 20.2. The van der Waals surface area contributed by atoms with Crippen LogP contribution in [0.5, 0.6) is 5.75 Å². The van der Waals surface area contributed by atoms with E-state index in [-0.39, 0.29) is 17.5 Å². The number of hydroxylamine groups is 1. The van der Waals surface area contributed by atoms with E-state index < -0.39 is 12.0 Å². The van der Waals surface area contributed by atoms with Gasteiger partial charge in [0.05, 0.1) is 12.2 Å². The Labute approximate surface area is 174 Å². The van der Waals surface area contributed by atoms with E-state index in [1.54, 1.807) is 23.7 Å². The highest BCUT2D eigenvalue weighted by molar-refractivity contribution is 5.94. The van der Waals surface area contributed by atoms with Gasteiger partial charge in [0.25, 0.3) is 11.8 Å². The Bertz CT molecular complexity index is 899. The van der Waals surface area contributed by atoms with Gasteiger partial charge in [-0.3, -0.25) is 14.8 Å². The second kappa shape index (κ2) is 9.15. The van der Waals surface area contributed by atoms with Gasteiger partial charge >= 0.3 is 0 Å². The van der Waals surface area contributed by atoms with Crippen molar-refractivity contribution in [1.29, 1.82) is 0 Å². The number of hydrogen-bond acceptors (Lipinski definition) is 6. The molecular formula is C22H25N3O5. The van der Waals surface area contributed by atoms with Gasteiger partial charge in [-0.25, -0.2) is 5.48 Å². The molecular weight excluding hydrogens is 386 g/mol. The molecule has 1 fully saturated rings. The van der Waals surface area contributed by atoms with Crippen molar-refractivity contribution in [3.63, 3.8) is 0 Å². The third-order valence-corrected chi connectivity index (χ3v) is 5.40. The molecule has 2 aliphatic rings. The molecule has 1 unspecified atom stereocenters. The van der Waals surface area contributed by atoms with Gasteiger partial charge in [0.1, 0.15) is 5.75 Å². The smallest absolute Gasteiger partial charge is 0.274 e. The van der Waals surface area contributed by atoms with E-state index >= 15 is 0 Å². The molecule has 8 nitrogen and oxygen atoms in total. The maximum Gasteiger partial charge on any atom is 0.274 e. The highest BCUT2D eigenvalue weighted by Crippen LogP contribution is 2.35. The van der Waals surface area contributed by atoms with E-state index in [0.29, 0.717) is 32.1 Å². The van der Waals surface area contributed by atoms with Gasteiger partial charge in [-0.1, -0.05) is 30.3 Å². The molecule has 1 saturated heterocycles. The number of amides is 2. The predicted molar refractivity (Wildman–Crippen MR) is 110 cm³/mol. The third-order valence-electron chi connectivity index (χ3n) is 5.40. The lowest BCUT2D eigenvalue weighted by Gasteiger charge is -2.36. The molecule has 1 atom stereocenters. The van der Waals surface area contributed by atoms with Gasteiger partial charge in [-0.15, -0.1) is 0 Å². The Morgan fingerprint density at radius 3 is 2.60 bits per heavy atom. The zero-order valence-electron chi connectivity index (χ0n) is 16.5. The zero-order valence-corrected chi connectivity index (χ0v) is 16.5. The van der Waals surface area contributed by atoms with Crippen molar-refractivity contribution in [2.75, 3.05) is 24.7 Å². The molecule has 4 rings (SSSR count). The number of anilines is 1. The van der Waals surface area contributed by atoms with Crippen molar-refractivity contribution in [1.82, 2.24) is 10.8 Å². The minimum Gasteiger partial charge on any atom is -0.477 e. The number of rotatable bonds is 5. The summed E-state index contributed by atoms with van der Waals surface area (Å²) in [6.45, 7) is 2.27. The van der Waals surface area contributed by atoms with Crippen LogP contribution in [-0.2, 0) is 16.1 Å². The first-order chi connectivity index (χ1) is 14.6. The number of hydrogen-bond donors (Lipinski definition) is 3. The fourth-order valence-electron chi connectivity index (χ4n) is 3.79. The second-order valence-corrected chi connectivity index (χ2v) is 7.49. The summed E-state index contributed by atoms with van der Waals surface area (Å²) < 4.78 is 11.3. The SMILES string of the molecule is O=C(NO)c1ccc2c(c1)OC(C(=O)NC1CCOCC1)CN2Cc1ccccc1. The fraction of sp³-hybridized carbons (Fsp3) is 0.364. The van der Waals surface area contributed by atoms with Crippen LogP contribution < -0.4 is 20.4 Å². The van der Waals surface area contributed by atoms with E-state index in [1.165, 1.54) is 0 Å². The summed E-state index contributed by atoms with van der Waals surface area (Å²) in [4.78, 5) is 26.8. The average molecular weight is 411 g/mol. The molecule has 2 amide bonds. The van der Waals surface area contributed by atoms with Crippen LogP contribution in [0.4, 0.5) is 5.69 Å². The number of ether oxygens (including phenoxy) is 2. The lowest BCUT2D eigenvalue weighted by Crippen LogP contribution is -2.52. The number of carbonyl (C=O) groups excluding carboxylic acids is 2. The summed E-state index contributed by atoms with van der Waals surface area (Å²) in [5.41, 5.74) is 3.78. The molecule has 2 aromatic carbocycles. The molecule has 0 bridgehead atoms. The molecule has 2 aromatic rings. The Morgan fingerprint density at radius 1 is 1.10 bits per heavy atom. The molecule has 0 aliphatic carbocycles. The Kier molecular flexibility index (Phi) is 6.15. The minimum atomic E-state index is -0.712. The Balaban J connectivity index is 1.58.